The maximum Gasteiger partial charge on any atom is 0.409 e. The molecule has 15 heteroatoms. The molecule has 13 nitrogen and oxygen atoms in total. The third kappa shape index (κ3) is 8.25. The molecular formula is C35H48ClN3O10S. The van der Waals surface area contributed by atoms with E-state index in [9.17, 15) is 24.3 Å². The minimum Gasteiger partial charge on any atom is -0.495 e. The third-order valence-corrected chi connectivity index (χ3v) is 10.4. The Hall–Kier alpha value is -3.30. The molecule has 2 saturated heterocycles. The molecule has 0 radical (unpaired) electrons. The number of nitrogens with one attached hydrogen (secondary N) is 1. The van der Waals surface area contributed by atoms with Gasteiger partial charge in [-0.05, 0) is 57.6 Å². The smallest absolute Gasteiger partial charge is 0.409 e. The first-order valence-electron chi connectivity index (χ1n) is 16.4. The number of benzene rings is 1. The quantitative estimate of drug-likeness (QED) is 0.277. The molecule has 3 amide bonds. The summed E-state index contributed by atoms with van der Waals surface area (Å²) in [5.41, 5.74) is -2.11. The molecule has 1 aromatic rings. The van der Waals surface area contributed by atoms with E-state index in [2.05, 4.69) is 17.9 Å². The summed E-state index contributed by atoms with van der Waals surface area (Å²) in [6.07, 6.45) is 1.68. The lowest BCUT2D eigenvalue weighted by atomic mass is 9.72. The van der Waals surface area contributed by atoms with Gasteiger partial charge in [-0.2, -0.15) is 12.6 Å². The number of hydrogen-bond donors (Lipinski definition) is 3. The highest BCUT2D eigenvalue weighted by molar-refractivity contribution is 7.80. The minimum atomic E-state index is -1.85. The summed E-state index contributed by atoms with van der Waals surface area (Å²) in [5.74, 6) is -0.793. The second-order valence-electron chi connectivity index (χ2n) is 13.7. The Balaban J connectivity index is 1.78. The van der Waals surface area contributed by atoms with Crippen molar-refractivity contribution in [1.82, 2.24) is 10.2 Å². The van der Waals surface area contributed by atoms with E-state index in [1.807, 2.05) is 13.0 Å². The Labute approximate surface area is 303 Å². The summed E-state index contributed by atoms with van der Waals surface area (Å²) in [5, 5.41) is 14.4. The van der Waals surface area contributed by atoms with Crippen molar-refractivity contribution in [2.75, 3.05) is 39.0 Å². The van der Waals surface area contributed by atoms with E-state index < -0.39 is 59.3 Å². The number of carbonyl (C=O) groups is 4. The number of nitrogens with zero attached hydrogens (tertiary/aromatic N) is 2. The van der Waals surface area contributed by atoms with E-state index in [-0.39, 0.29) is 36.6 Å². The first-order chi connectivity index (χ1) is 23.4. The maximum atomic E-state index is 14.0. The Morgan fingerprint density at radius 1 is 1.24 bits per heavy atom. The molecule has 6 bridgehead atoms. The summed E-state index contributed by atoms with van der Waals surface area (Å²) in [7, 11) is 5.97. The fraction of sp³-hybridized carbons (Fsp3) is 0.600. The summed E-state index contributed by atoms with van der Waals surface area (Å²) in [6, 6.07) is 2.60. The summed E-state index contributed by atoms with van der Waals surface area (Å²) >= 11 is 10.8. The number of aliphatic hydroxyl groups is 1. The van der Waals surface area contributed by atoms with Crippen molar-refractivity contribution >= 4 is 53.8 Å². The van der Waals surface area contributed by atoms with Gasteiger partial charge in [0.25, 0.3) is 0 Å². The molecule has 2 N–H and O–H groups in total. The number of esters is 1. The lowest BCUT2D eigenvalue weighted by Gasteiger charge is -2.59. The number of carbonyl (C=O) groups excluding carboxylic acids is 4. The summed E-state index contributed by atoms with van der Waals surface area (Å²) in [6.45, 7) is 6.88. The van der Waals surface area contributed by atoms with Crippen LogP contribution in [-0.4, -0.2) is 109 Å². The lowest BCUT2D eigenvalue weighted by Crippen LogP contribution is -2.72. The first-order valence-corrected chi connectivity index (χ1v) is 17.4. The second kappa shape index (κ2) is 15.5. The monoisotopic (exact) mass is 737 g/mol. The van der Waals surface area contributed by atoms with Crippen LogP contribution in [0.15, 0.2) is 35.9 Å². The van der Waals surface area contributed by atoms with E-state index in [1.54, 1.807) is 45.2 Å². The number of anilines is 1. The molecule has 1 aromatic carbocycles. The predicted octanol–water partition coefficient (Wildman–Crippen LogP) is 3.98. The average molecular weight is 738 g/mol. The maximum absolute atomic E-state index is 14.0. The van der Waals surface area contributed by atoms with Crippen LogP contribution in [0.1, 0.15) is 58.9 Å². The van der Waals surface area contributed by atoms with Gasteiger partial charge in [-0.1, -0.05) is 35.4 Å². The Morgan fingerprint density at radius 2 is 1.92 bits per heavy atom. The van der Waals surface area contributed by atoms with Gasteiger partial charge in [0, 0.05) is 40.5 Å². The molecule has 4 aliphatic heterocycles. The third-order valence-electron chi connectivity index (χ3n) is 9.76. The zero-order valence-corrected chi connectivity index (χ0v) is 31.4. The summed E-state index contributed by atoms with van der Waals surface area (Å²) in [4.78, 5) is 55.6. The van der Waals surface area contributed by atoms with E-state index in [0.717, 1.165) is 11.1 Å². The van der Waals surface area contributed by atoms with Gasteiger partial charge in [-0.3, -0.25) is 14.9 Å². The molecule has 276 valence electrons. The number of alkyl carbamates (subject to hydrolysis) is 1. The van der Waals surface area contributed by atoms with E-state index >= 15 is 0 Å². The molecule has 50 heavy (non-hydrogen) atoms. The molecule has 2 fully saturated rings. The Bertz CT molecular complexity index is 1550. The summed E-state index contributed by atoms with van der Waals surface area (Å²) < 4.78 is 29.3. The molecule has 0 aromatic heterocycles. The van der Waals surface area contributed by atoms with Crippen LogP contribution in [0, 0.1) is 0 Å². The zero-order chi connectivity index (χ0) is 37.2. The van der Waals surface area contributed by atoms with Crippen molar-refractivity contribution < 1.29 is 48.0 Å². The number of methoxy groups -OCH3 is 2. The molecule has 4 heterocycles. The van der Waals surface area contributed by atoms with Crippen molar-refractivity contribution in [2.45, 2.75) is 101 Å². The largest absolute Gasteiger partial charge is 0.495 e. The van der Waals surface area contributed by atoms with Crippen LogP contribution < -0.4 is 15.0 Å². The highest BCUT2D eigenvalue weighted by Crippen LogP contribution is 2.50. The number of fused-ring (bicyclic) bond motifs is 6. The van der Waals surface area contributed by atoms with Crippen molar-refractivity contribution in [3.8, 4) is 5.75 Å². The standard InChI is InChI=1S/C35H48ClN3O10S/c1-20-10-9-11-25(46-8)35(44)18-27(48-32(43)37-35)34(4)19-33(3,49-34)26(47-31(42)21(2)38(5)28(40)12-13-50)17-29(41)39(6)23-15-22(14-20)16-24(45-7)30(23)36/h9-11,15-16,21,25-27,44,50H,12-14,17-19H2,1-8H3,(H,37,43)/b11-9+,20-10+/t21-,25+,26-,27?,33+,34?,35-/m0/s1. The van der Waals surface area contributed by atoms with Crippen LogP contribution in [-0.2, 0) is 39.8 Å². The average Bonchev–Trinajstić information content (AvgIpc) is 3.04. The lowest BCUT2D eigenvalue weighted by molar-refractivity contribution is -0.328. The fourth-order valence-corrected chi connectivity index (χ4v) is 7.29. The van der Waals surface area contributed by atoms with Gasteiger partial charge in [0.05, 0.1) is 19.2 Å². The van der Waals surface area contributed by atoms with Crippen LogP contribution in [0.5, 0.6) is 5.75 Å². The highest BCUT2D eigenvalue weighted by Gasteiger charge is 2.63. The molecular weight excluding hydrogens is 690 g/mol. The van der Waals surface area contributed by atoms with Crippen LogP contribution in [0.4, 0.5) is 10.5 Å². The molecule has 7 atom stereocenters. The number of halogens is 1. The Kier molecular flexibility index (Phi) is 12.3. The number of thiol groups is 1. The fourth-order valence-electron chi connectivity index (χ4n) is 6.78. The van der Waals surface area contributed by atoms with Gasteiger partial charge in [0.2, 0.25) is 11.8 Å². The number of likely N-dealkylation sites (N-methyl/N-ethyl adjacent to an activating group) is 1. The molecule has 5 rings (SSSR count). The second-order valence-corrected chi connectivity index (χ2v) is 14.5. The number of amides is 3. The van der Waals surface area contributed by atoms with Crippen LogP contribution >= 0.6 is 24.2 Å². The molecule has 0 saturated carbocycles. The van der Waals surface area contributed by atoms with E-state index in [0.29, 0.717) is 23.6 Å². The zero-order valence-electron chi connectivity index (χ0n) is 29.8. The molecule has 2 unspecified atom stereocenters. The molecule has 4 aliphatic rings. The van der Waals surface area contributed by atoms with Gasteiger partial charge in [-0.25, -0.2) is 9.59 Å². The number of ether oxygens (including phenoxy) is 5. The molecule has 0 aliphatic carbocycles. The van der Waals surface area contributed by atoms with Crippen molar-refractivity contribution in [3.05, 3.63) is 46.5 Å². The van der Waals surface area contributed by atoms with Gasteiger partial charge in [0.15, 0.2) is 5.72 Å². The van der Waals surface area contributed by atoms with Gasteiger partial charge in [0.1, 0.15) is 46.3 Å². The van der Waals surface area contributed by atoms with Crippen molar-refractivity contribution in [1.29, 1.82) is 0 Å². The first kappa shape index (κ1) is 39.5. The van der Waals surface area contributed by atoms with Gasteiger partial charge < -0.3 is 38.6 Å². The minimum absolute atomic E-state index is 0.0950. The van der Waals surface area contributed by atoms with E-state index in [1.165, 1.54) is 38.0 Å². The van der Waals surface area contributed by atoms with Gasteiger partial charge >= 0.3 is 12.1 Å². The highest BCUT2D eigenvalue weighted by atomic mass is 35.5. The van der Waals surface area contributed by atoms with Gasteiger partial charge in [-0.15, -0.1) is 0 Å². The van der Waals surface area contributed by atoms with Crippen LogP contribution in [0.25, 0.3) is 0 Å². The SMILES string of the molecule is COc1cc2cc(c1Cl)N(C)C(=O)C[C@H](OC(=O)[C@H](C)N(C)C(=O)CCS)[C@@]1(C)CC(C)(O1)C1C[C@@](O)(NC(=O)O1)[C@H](OC)/C=C/C=C(\C)C2. The van der Waals surface area contributed by atoms with E-state index in [4.69, 9.17) is 35.3 Å². The van der Waals surface area contributed by atoms with Crippen molar-refractivity contribution in [3.63, 3.8) is 0 Å². The number of allylic oxidation sites excluding steroid dienone is 3. The van der Waals surface area contributed by atoms with Crippen LogP contribution in [0.3, 0.4) is 0 Å². The normalized spacial score (nSPS) is 32.3. The Morgan fingerprint density at radius 3 is 2.54 bits per heavy atom. The van der Waals surface area contributed by atoms with Crippen LogP contribution in [0.2, 0.25) is 5.02 Å². The van der Waals surface area contributed by atoms with Crippen molar-refractivity contribution in [2.24, 2.45) is 0 Å². The number of rotatable bonds is 7. The molecule has 0 spiro atoms. The number of hydrogen-bond acceptors (Lipinski definition) is 11. The predicted molar refractivity (Wildman–Crippen MR) is 189 cm³/mol. The topological polar surface area (TPSA) is 153 Å².